The summed E-state index contributed by atoms with van der Waals surface area (Å²) in [6, 6.07) is 5.34. The Kier molecular flexibility index (Phi) is 5.69. The van der Waals surface area contributed by atoms with E-state index in [0.717, 1.165) is 0 Å². The fourth-order valence-corrected chi connectivity index (χ4v) is 3.57. The van der Waals surface area contributed by atoms with Crippen molar-refractivity contribution in [2.75, 3.05) is 24.5 Å². The molecule has 0 spiro atoms. The Balaban J connectivity index is 1.97. The maximum Gasteiger partial charge on any atom is 0.153 e. The van der Waals surface area contributed by atoms with Gasteiger partial charge in [0.2, 0.25) is 0 Å². The molecule has 0 aliphatic carbocycles. The molecule has 0 unspecified atom stereocenters. The van der Waals surface area contributed by atoms with E-state index in [9.17, 15) is 10.2 Å². The molecule has 1 aliphatic rings. The van der Waals surface area contributed by atoms with Gasteiger partial charge in [-0.2, -0.15) is 0 Å². The topological polar surface area (TPSA) is 95.5 Å². The number of halogens is 2. The van der Waals surface area contributed by atoms with E-state index in [2.05, 4.69) is 9.97 Å². The fourth-order valence-electron chi connectivity index (χ4n) is 3.18. The number of aliphatic hydroxyl groups excluding tert-OH is 1. The number of aromatic nitrogens is 2. The molecule has 0 amide bonds. The van der Waals surface area contributed by atoms with E-state index in [1.54, 1.807) is 12.1 Å². The lowest BCUT2D eigenvalue weighted by Gasteiger charge is -2.38. The quantitative estimate of drug-likeness (QED) is 0.734. The van der Waals surface area contributed by atoms with E-state index in [-0.39, 0.29) is 13.2 Å². The third kappa shape index (κ3) is 3.66. The number of anilines is 1. The lowest BCUT2D eigenvalue weighted by atomic mass is 9.91. The molecule has 4 N–H and O–H groups in total. The SMILES string of the molecule is Cc1nc(N2CCC(O)(CN)CC2)c(CO)nc1-c1cccc(Cl)c1Cl. The number of hydrogen-bond acceptors (Lipinski definition) is 6. The van der Waals surface area contributed by atoms with Gasteiger partial charge in [-0.3, -0.25) is 0 Å². The first kappa shape index (κ1) is 19.3. The predicted molar refractivity (Wildman–Crippen MR) is 104 cm³/mol. The average Bonchev–Trinajstić information content (AvgIpc) is 2.65. The molecule has 0 saturated carbocycles. The number of aryl methyl sites for hydroxylation is 1. The van der Waals surface area contributed by atoms with Crippen LogP contribution < -0.4 is 10.6 Å². The van der Waals surface area contributed by atoms with Crippen LogP contribution >= 0.6 is 23.2 Å². The summed E-state index contributed by atoms with van der Waals surface area (Å²) < 4.78 is 0. The van der Waals surface area contributed by atoms with E-state index in [1.165, 1.54) is 0 Å². The Morgan fingerprint density at radius 2 is 1.92 bits per heavy atom. The van der Waals surface area contributed by atoms with Gasteiger partial charge in [-0.1, -0.05) is 35.3 Å². The van der Waals surface area contributed by atoms with Gasteiger partial charge in [0.1, 0.15) is 5.69 Å². The second-order valence-corrected chi connectivity index (χ2v) is 7.39. The van der Waals surface area contributed by atoms with Crippen LogP contribution in [0.15, 0.2) is 18.2 Å². The molecule has 0 radical (unpaired) electrons. The Morgan fingerprint density at radius 3 is 2.54 bits per heavy atom. The van der Waals surface area contributed by atoms with Crippen molar-refractivity contribution >= 4 is 29.0 Å². The van der Waals surface area contributed by atoms with Gasteiger partial charge in [-0.25, -0.2) is 9.97 Å². The highest BCUT2D eigenvalue weighted by Gasteiger charge is 2.32. The number of piperidine rings is 1. The smallest absolute Gasteiger partial charge is 0.153 e. The van der Waals surface area contributed by atoms with E-state index in [4.69, 9.17) is 28.9 Å². The largest absolute Gasteiger partial charge is 0.390 e. The molecule has 1 aromatic heterocycles. The molecule has 2 heterocycles. The van der Waals surface area contributed by atoms with Crippen molar-refractivity contribution in [3.63, 3.8) is 0 Å². The predicted octanol–water partition coefficient (Wildman–Crippen LogP) is 2.54. The second-order valence-electron chi connectivity index (χ2n) is 6.60. The first-order valence-corrected chi connectivity index (χ1v) is 9.24. The minimum absolute atomic E-state index is 0.241. The van der Waals surface area contributed by atoms with Crippen molar-refractivity contribution in [2.24, 2.45) is 5.73 Å². The van der Waals surface area contributed by atoms with Crippen LogP contribution in [0.4, 0.5) is 5.82 Å². The molecule has 1 saturated heterocycles. The number of aliphatic hydroxyl groups is 2. The number of nitrogens with two attached hydrogens (primary N) is 1. The van der Waals surface area contributed by atoms with Gasteiger partial charge in [-0.05, 0) is 25.8 Å². The van der Waals surface area contributed by atoms with Gasteiger partial charge in [0, 0.05) is 25.2 Å². The Hall–Kier alpha value is -1.44. The Morgan fingerprint density at radius 1 is 1.23 bits per heavy atom. The summed E-state index contributed by atoms with van der Waals surface area (Å²) in [7, 11) is 0. The summed E-state index contributed by atoms with van der Waals surface area (Å²) in [6.07, 6.45) is 1.11. The van der Waals surface area contributed by atoms with Gasteiger partial charge in [-0.15, -0.1) is 0 Å². The highest BCUT2D eigenvalue weighted by Crippen LogP contribution is 2.35. The minimum Gasteiger partial charge on any atom is -0.390 e. The third-order valence-electron chi connectivity index (χ3n) is 4.85. The minimum atomic E-state index is -0.827. The zero-order valence-electron chi connectivity index (χ0n) is 14.5. The van der Waals surface area contributed by atoms with Crippen LogP contribution in [0, 0.1) is 6.92 Å². The number of benzene rings is 1. The Bertz CT molecular complexity index is 808. The zero-order chi connectivity index (χ0) is 18.9. The average molecular weight is 397 g/mol. The first-order chi connectivity index (χ1) is 12.4. The van der Waals surface area contributed by atoms with Crippen LogP contribution in [0.3, 0.4) is 0 Å². The van der Waals surface area contributed by atoms with E-state index in [0.29, 0.717) is 64.4 Å². The number of rotatable bonds is 4. The molecule has 6 nitrogen and oxygen atoms in total. The van der Waals surface area contributed by atoms with Crippen LogP contribution in [0.2, 0.25) is 10.0 Å². The summed E-state index contributed by atoms with van der Waals surface area (Å²) in [5.74, 6) is 0.631. The molecular formula is C18H22Cl2N4O2. The van der Waals surface area contributed by atoms with Crippen molar-refractivity contribution in [1.82, 2.24) is 9.97 Å². The lowest BCUT2D eigenvalue weighted by molar-refractivity contribution is 0.0248. The standard InChI is InChI=1S/C18H22Cl2N4O2/c1-11-16(12-3-2-4-13(19)15(12)20)23-14(9-25)17(22-11)24-7-5-18(26,10-21)6-8-24/h2-4,25-26H,5-10,21H2,1H3. The van der Waals surface area contributed by atoms with Gasteiger partial charge in [0.05, 0.1) is 33.6 Å². The summed E-state index contributed by atoms with van der Waals surface area (Å²) in [6.45, 7) is 3.05. The van der Waals surface area contributed by atoms with Gasteiger partial charge >= 0.3 is 0 Å². The molecule has 3 rings (SSSR count). The fraction of sp³-hybridized carbons (Fsp3) is 0.444. The first-order valence-electron chi connectivity index (χ1n) is 8.48. The summed E-state index contributed by atoms with van der Waals surface area (Å²) in [4.78, 5) is 11.3. The summed E-state index contributed by atoms with van der Waals surface area (Å²) >= 11 is 12.4. The molecule has 1 aromatic carbocycles. The van der Waals surface area contributed by atoms with E-state index >= 15 is 0 Å². The van der Waals surface area contributed by atoms with Crippen molar-refractivity contribution in [3.8, 4) is 11.3 Å². The lowest BCUT2D eigenvalue weighted by Crippen LogP contribution is -2.49. The molecule has 0 bridgehead atoms. The van der Waals surface area contributed by atoms with Crippen LogP contribution in [-0.4, -0.2) is 45.4 Å². The molecule has 8 heteroatoms. The zero-order valence-corrected chi connectivity index (χ0v) is 16.1. The van der Waals surface area contributed by atoms with E-state index in [1.807, 2.05) is 17.9 Å². The van der Waals surface area contributed by atoms with Crippen LogP contribution in [0.25, 0.3) is 11.3 Å². The van der Waals surface area contributed by atoms with Crippen molar-refractivity contribution < 1.29 is 10.2 Å². The Labute approximate surface area is 162 Å². The van der Waals surface area contributed by atoms with Crippen LogP contribution in [-0.2, 0) is 6.61 Å². The maximum atomic E-state index is 10.3. The maximum absolute atomic E-state index is 10.3. The summed E-state index contributed by atoms with van der Waals surface area (Å²) in [5.41, 5.74) is 7.27. The molecule has 1 fully saturated rings. The van der Waals surface area contributed by atoms with Gasteiger partial charge < -0.3 is 20.8 Å². The molecule has 1 aliphatic heterocycles. The van der Waals surface area contributed by atoms with Crippen LogP contribution in [0.1, 0.15) is 24.2 Å². The third-order valence-corrected chi connectivity index (χ3v) is 5.67. The van der Waals surface area contributed by atoms with Crippen molar-refractivity contribution in [2.45, 2.75) is 32.0 Å². The monoisotopic (exact) mass is 396 g/mol. The number of nitrogens with zero attached hydrogens (tertiary/aromatic N) is 3. The van der Waals surface area contributed by atoms with Gasteiger partial charge in [0.25, 0.3) is 0 Å². The highest BCUT2D eigenvalue weighted by molar-refractivity contribution is 6.43. The van der Waals surface area contributed by atoms with Gasteiger partial charge in [0.15, 0.2) is 5.82 Å². The molecular weight excluding hydrogens is 375 g/mol. The second kappa shape index (κ2) is 7.66. The molecule has 2 aromatic rings. The van der Waals surface area contributed by atoms with Crippen LogP contribution in [0.5, 0.6) is 0 Å². The van der Waals surface area contributed by atoms with Crippen molar-refractivity contribution in [3.05, 3.63) is 39.6 Å². The molecule has 0 atom stereocenters. The van der Waals surface area contributed by atoms with Crippen molar-refractivity contribution in [1.29, 1.82) is 0 Å². The molecule has 26 heavy (non-hydrogen) atoms. The highest BCUT2D eigenvalue weighted by atomic mass is 35.5. The normalized spacial score (nSPS) is 16.8. The molecule has 140 valence electrons. The van der Waals surface area contributed by atoms with E-state index < -0.39 is 5.60 Å². The number of hydrogen-bond donors (Lipinski definition) is 3. The summed E-state index contributed by atoms with van der Waals surface area (Å²) in [5, 5.41) is 21.0.